The molecule has 0 aromatic heterocycles. The van der Waals surface area contributed by atoms with Crippen LogP contribution in [0.25, 0.3) is 0 Å². The monoisotopic (exact) mass is 247 g/mol. The summed E-state index contributed by atoms with van der Waals surface area (Å²) in [6.07, 6.45) is 4.82. The quantitative estimate of drug-likeness (QED) is 0.475. The van der Waals surface area contributed by atoms with Crippen molar-refractivity contribution < 1.29 is 9.53 Å². The van der Waals surface area contributed by atoms with Crippen LogP contribution in [0.3, 0.4) is 0 Å². The summed E-state index contributed by atoms with van der Waals surface area (Å²) in [5, 5.41) is 3.47. The lowest BCUT2D eigenvalue weighted by atomic mass is 10.1. The van der Waals surface area contributed by atoms with E-state index in [9.17, 15) is 4.79 Å². The Morgan fingerprint density at radius 3 is 2.81 bits per heavy atom. The highest BCUT2D eigenvalue weighted by molar-refractivity contribution is 7.99. The fraction of sp³-hybridized carbons (Fsp3) is 0.917. The molecule has 0 heterocycles. The Morgan fingerprint density at radius 2 is 2.19 bits per heavy atom. The van der Waals surface area contributed by atoms with Gasteiger partial charge in [0.1, 0.15) is 0 Å². The third-order valence-electron chi connectivity index (χ3n) is 2.37. The zero-order valence-electron chi connectivity index (χ0n) is 10.8. The molecule has 1 N–H and O–H groups in total. The fourth-order valence-electron chi connectivity index (χ4n) is 1.36. The molecule has 0 aromatic carbocycles. The summed E-state index contributed by atoms with van der Waals surface area (Å²) in [5.41, 5.74) is 0. The zero-order chi connectivity index (χ0) is 12.2. The summed E-state index contributed by atoms with van der Waals surface area (Å²) in [7, 11) is 1.43. The highest BCUT2D eigenvalue weighted by atomic mass is 32.2. The van der Waals surface area contributed by atoms with Crippen molar-refractivity contribution in [2.75, 3.05) is 25.2 Å². The van der Waals surface area contributed by atoms with Crippen molar-refractivity contribution in [3.05, 3.63) is 0 Å². The normalized spacial score (nSPS) is 12.4. The van der Waals surface area contributed by atoms with Crippen LogP contribution in [0, 0.1) is 0 Å². The van der Waals surface area contributed by atoms with E-state index in [0.717, 1.165) is 12.3 Å². The van der Waals surface area contributed by atoms with Crippen molar-refractivity contribution in [1.29, 1.82) is 0 Å². The van der Waals surface area contributed by atoms with Gasteiger partial charge in [0.2, 0.25) is 0 Å². The summed E-state index contributed by atoms with van der Waals surface area (Å²) in [6.45, 7) is 5.53. The number of carbonyl (C=O) groups excluding carboxylic acids is 1. The molecule has 0 saturated heterocycles. The molecule has 3 nitrogen and oxygen atoms in total. The molecule has 1 atom stereocenters. The van der Waals surface area contributed by atoms with E-state index in [1.165, 1.54) is 32.8 Å². The van der Waals surface area contributed by atoms with Crippen LogP contribution in [0.15, 0.2) is 0 Å². The second-order valence-electron chi connectivity index (χ2n) is 3.98. The van der Waals surface area contributed by atoms with E-state index in [1.807, 2.05) is 0 Å². The van der Waals surface area contributed by atoms with Crippen LogP contribution in [0.5, 0.6) is 0 Å². The lowest BCUT2D eigenvalue weighted by Crippen LogP contribution is -2.26. The molecule has 0 aliphatic heterocycles. The molecule has 0 aromatic rings. The van der Waals surface area contributed by atoms with Gasteiger partial charge in [0, 0.05) is 6.04 Å². The Balaban J connectivity index is 3.17. The van der Waals surface area contributed by atoms with E-state index in [2.05, 4.69) is 23.9 Å². The number of esters is 1. The van der Waals surface area contributed by atoms with Crippen LogP contribution in [-0.4, -0.2) is 37.2 Å². The molecule has 0 aliphatic carbocycles. The van der Waals surface area contributed by atoms with Gasteiger partial charge in [0.15, 0.2) is 0 Å². The van der Waals surface area contributed by atoms with Crippen molar-refractivity contribution in [3.8, 4) is 0 Å². The van der Waals surface area contributed by atoms with Crippen LogP contribution in [-0.2, 0) is 9.53 Å². The number of hydrogen-bond acceptors (Lipinski definition) is 4. The van der Waals surface area contributed by atoms with Gasteiger partial charge in [-0.2, -0.15) is 11.8 Å². The summed E-state index contributed by atoms with van der Waals surface area (Å²) in [5.74, 6) is 1.42. The van der Waals surface area contributed by atoms with E-state index in [4.69, 9.17) is 0 Å². The first-order valence-electron chi connectivity index (χ1n) is 6.08. The van der Waals surface area contributed by atoms with Gasteiger partial charge in [-0.15, -0.1) is 0 Å². The van der Waals surface area contributed by atoms with Crippen LogP contribution < -0.4 is 5.32 Å². The SMILES string of the molecule is CCCNC(C)CCCCSCC(=O)OC. The first-order chi connectivity index (χ1) is 7.70. The molecule has 0 bridgehead atoms. The molecule has 96 valence electrons. The Morgan fingerprint density at radius 1 is 1.44 bits per heavy atom. The molecule has 0 spiro atoms. The van der Waals surface area contributed by atoms with Gasteiger partial charge < -0.3 is 10.1 Å². The number of rotatable bonds is 10. The van der Waals surface area contributed by atoms with Crippen LogP contribution in [0.2, 0.25) is 0 Å². The summed E-state index contributed by atoms with van der Waals surface area (Å²) >= 11 is 1.66. The van der Waals surface area contributed by atoms with E-state index in [0.29, 0.717) is 11.8 Å². The number of unbranched alkanes of at least 4 members (excludes halogenated alkanes) is 1. The number of thioether (sulfide) groups is 1. The van der Waals surface area contributed by atoms with E-state index < -0.39 is 0 Å². The maximum Gasteiger partial charge on any atom is 0.315 e. The van der Waals surface area contributed by atoms with Crippen molar-refractivity contribution in [2.24, 2.45) is 0 Å². The average molecular weight is 247 g/mol. The molecule has 0 rings (SSSR count). The van der Waals surface area contributed by atoms with Gasteiger partial charge in [-0.1, -0.05) is 13.3 Å². The van der Waals surface area contributed by atoms with Gasteiger partial charge >= 0.3 is 5.97 Å². The van der Waals surface area contributed by atoms with Crippen molar-refractivity contribution in [1.82, 2.24) is 5.32 Å². The largest absolute Gasteiger partial charge is 0.468 e. The molecule has 0 aliphatic rings. The lowest BCUT2D eigenvalue weighted by molar-refractivity contribution is -0.137. The zero-order valence-corrected chi connectivity index (χ0v) is 11.6. The second-order valence-corrected chi connectivity index (χ2v) is 5.08. The van der Waals surface area contributed by atoms with Crippen LogP contribution in [0.1, 0.15) is 39.5 Å². The molecule has 0 amide bonds. The molecular weight excluding hydrogens is 222 g/mol. The minimum atomic E-state index is -0.122. The van der Waals surface area contributed by atoms with Crippen LogP contribution in [0.4, 0.5) is 0 Å². The highest BCUT2D eigenvalue weighted by Crippen LogP contribution is 2.08. The Hall–Kier alpha value is -0.220. The number of ether oxygens (including phenoxy) is 1. The molecule has 0 saturated carbocycles. The standard InChI is InChI=1S/C12H25NO2S/c1-4-8-13-11(2)7-5-6-9-16-10-12(14)15-3/h11,13H,4-10H2,1-3H3. The van der Waals surface area contributed by atoms with Crippen LogP contribution >= 0.6 is 11.8 Å². The van der Waals surface area contributed by atoms with Crippen molar-refractivity contribution in [2.45, 2.75) is 45.6 Å². The van der Waals surface area contributed by atoms with Crippen molar-refractivity contribution >= 4 is 17.7 Å². The Labute approximate surface area is 104 Å². The average Bonchev–Trinajstić information content (AvgIpc) is 2.30. The first kappa shape index (κ1) is 15.8. The third kappa shape index (κ3) is 10.3. The number of nitrogens with one attached hydrogen (secondary N) is 1. The molecule has 0 radical (unpaired) electrons. The van der Waals surface area contributed by atoms with Crippen molar-refractivity contribution in [3.63, 3.8) is 0 Å². The fourth-order valence-corrected chi connectivity index (χ4v) is 2.20. The molecule has 16 heavy (non-hydrogen) atoms. The Kier molecular flexibility index (Phi) is 11.1. The maximum atomic E-state index is 10.8. The minimum Gasteiger partial charge on any atom is -0.468 e. The number of methoxy groups -OCH3 is 1. The molecule has 1 unspecified atom stereocenters. The molecular formula is C12H25NO2S. The topological polar surface area (TPSA) is 38.3 Å². The second kappa shape index (κ2) is 11.3. The maximum absolute atomic E-state index is 10.8. The summed E-state index contributed by atoms with van der Waals surface area (Å²) in [6, 6.07) is 0.616. The number of hydrogen-bond donors (Lipinski definition) is 1. The number of carbonyl (C=O) groups is 1. The Bertz CT molecular complexity index is 176. The smallest absolute Gasteiger partial charge is 0.315 e. The van der Waals surface area contributed by atoms with Gasteiger partial charge in [-0.25, -0.2) is 0 Å². The van der Waals surface area contributed by atoms with Gasteiger partial charge in [-0.3, -0.25) is 4.79 Å². The summed E-state index contributed by atoms with van der Waals surface area (Å²) < 4.78 is 4.57. The van der Waals surface area contributed by atoms with Gasteiger partial charge in [-0.05, 0) is 38.5 Å². The van der Waals surface area contributed by atoms with E-state index in [1.54, 1.807) is 11.8 Å². The minimum absolute atomic E-state index is 0.122. The highest BCUT2D eigenvalue weighted by Gasteiger charge is 2.01. The van der Waals surface area contributed by atoms with Gasteiger partial charge in [0.25, 0.3) is 0 Å². The predicted molar refractivity (Wildman–Crippen MR) is 70.9 cm³/mol. The predicted octanol–water partition coefficient (Wildman–Crippen LogP) is 2.45. The third-order valence-corrected chi connectivity index (χ3v) is 3.38. The summed E-state index contributed by atoms with van der Waals surface area (Å²) in [4.78, 5) is 10.8. The molecule has 4 heteroatoms. The van der Waals surface area contributed by atoms with E-state index in [-0.39, 0.29) is 5.97 Å². The molecule has 0 fully saturated rings. The first-order valence-corrected chi connectivity index (χ1v) is 7.24. The van der Waals surface area contributed by atoms with E-state index >= 15 is 0 Å². The van der Waals surface area contributed by atoms with Gasteiger partial charge in [0.05, 0.1) is 12.9 Å². The lowest BCUT2D eigenvalue weighted by Gasteiger charge is -2.12.